The maximum absolute atomic E-state index is 12.7. The molecule has 1 N–H and O–H groups in total. The van der Waals surface area contributed by atoms with Crippen LogP contribution in [0.5, 0.6) is 0 Å². The average Bonchev–Trinajstić information content (AvgIpc) is 2.03. The molecule has 3 heteroatoms. The van der Waals surface area contributed by atoms with E-state index in [4.69, 9.17) is 0 Å². The van der Waals surface area contributed by atoms with Gasteiger partial charge < -0.3 is 5.32 Å². The number of halogens is 2. The Morgan fingerprint density at radius 3 is 2.31 bits per heavy atom. The summed E-state index contributed by atoms with van der Waals surface area (Å²) in [6.07, 6.45) is 1.01. The Balaban J connectivity index is 2.56. The third-order valence-corrected chi connectivity index (χ3v) is 1.68. The van der Waals surface area contributed by atoms with Crippen LogP contribution in [0.4, 0.5) is 8.78 Å². The highest BCUT2D eigenvalue weighted by Gasteiger charge is 1.99. The van der Waals surface area contributed by atoms with Crippen molar-refractivity contribution >= 4 is 0 Å². The van der Waals surface area contributed by atoms with Gasteiger partial charge >= 0.3 is 0 Å². The van der Waals surface area contributed by atoms with Crippen LogP contribution in [-0.2, 0) is 6.54 Å². The highest BCUT2D eigenvalue weighted by atomic mass is 19.1. The van der Waals surface area contributed by atoms with E-state index in [1.165, 1.54) is 12.1 Å². The summed E-state index contributed by atoms with van der Waals surface area (Å²) in [5, 5.41) is 3.07. The van der Waals surface area contributed by atoms with E-state index >= 15 is 0 Å². The number of benzene rings is 1. The third kappa shape index (κ3) is 3.51. The van der Waals surface area contributed by atoms with Crippen LogP contribution in [0.25, 0.3) is 0 Å². The lowest BCUT2D eigenvalue weighted by Gasteiger charge is -2.03. The number of nitrogens with one attached hydrogen (secondary N) is 1. The second-order valence-corrected chi connectivity index (χ2v) is 2.95. The van der Waals surface area contributed by atoms with Crippen molar-refractivity contribution in [2.75, 3.05) is 6.54 Å². The number of hydrogen-bond donors (Lipinski definition) is 1. The topological polar surface area (TPSA) is 12.0 Å². The molecule has 0 saturated carbocycles. The monoisotopic (exact) mass is 185 g/mol. The zero-order chi connectivity index (χ0) is 9.68. The van der Waals surface area contributed by atoms with Crippen LogP contribution in [0.15, 0.2) is 18.2 Å². The predicted molar refractivity (Wildman–Crippen MR) is 48.4 cm³/mol. The van der Waals surface area contributed by atoms with Crippen LogP contribution < -0.4 is 5.32 Å². The summed E-state index contributed by atoms with van der Waals surface area (Å²) < 4.78 is 25.3. The molecule has 0 fully saturated rings. The molecular formula is C10H13F2N. The van der Waals surface area contributed by atoms with E-state index in [1.54, 1.807) is 0 Å². The lowest BCUT2D eigenvalue weighted by atomic mass is 10.2. The molecule has 0 bridgehead atoms. The summed E-state index contributed by atoms with van der Waals surface area (Å²) in [5.41, 5.74) is 0.644. The lowest BCUT2D eigenvalue weighted by Crippen LogP contribution is -2.13. The van der Waals surface area contributed by atoms with Gasteiger partial charge in [-0.15, -0.1) is 0 Å². The molecule has 0 unspecified atom stereocenters. The normalized spacial score (nSPS) is 10.4. The third-order valence-electron chi connectivity index (χ3n) is 1.68. The van der Waals surface area contributed by atoms with Crippen molar-refractivity contribution in [1.82, 2.24) is 5.32 Å². The summed E-state index contributed by atoms with van der Waals surface area (Å²) in [6.45, 7) is 3.42. The van der Waals surface area contributed by atoms with Crippen molar-refractivity contribution in [2.24, 2.45) is 0 Å². The van der Waals surface area contributed by atoms with Gasteiger partial charge in [0, 0.05) is 12.6 Å². The minimum atomic E-state index is -0.520. The van der Waals surface area contributed by atoms with E-state index in [0.29, 0.717) is 12.1 Å². The molecule has 0 aliphatic rings. The van der Waals surface area contributed by atoms with E-state index in [1.807, 2.05) is 6.92 Å². The lowest BCUT2D eigenvalue weighted by molar-refractivity contribution is 0.575. The van der Waals surface area contributed by atoms with Crippen molar-refractivity contribution in [2.45, 2.75) is 19.9 Å². The summed E-state index contributed by atoms with van der Waals surface area (Å²) in [6, 6.07) is 3.56. The largest absolute Gasteiger partial charge is 0.313 e. The van der Waals surface area contributed by atoms with Crippen LogP contribution in [-0.4, -0.2) is 6.54 Å². The molecular weight excluding hydrogens is 172 g/mol. The fourth-order valence-corrected chi connectivity index (χ4v) is 1.12. The second-order valence-electron chi connectivity index (χ2n) is 2.95. The first kappa shape index (κ1) is 10.1. The number of rotatable bonds is 4. The van der Waals surface area contributed by atoms with Crippen molar-refractivity contribution < 1.29 is 8.78 Å². The molecule has 0 radical (unpaired) electrons. The van der Waals surface area contributed by atoms with Gasteiger partial charge in [-0.1, -0.05) is 6.92 Å². The zero-order valence-electron chi connectivity index (χ0n) is 7.61. The van der Waals surface area contributed by atoms with Crippen molar-refractivity contribution in [1.29, 1.82) is 0 Å². The molecule has 0 saturated heterocycles. The fraction of sp³-hybridized carbons (Fsp3) is 0.400. The molecule has 0 amide bonds. The molecule has 0 atom stereocenters. The molecule has 0 heterocycles. The van der Waals surface area contributed by atoms with Gasteiger partial charge in [-0.3, -0.25) is 0 Å². The molecule has 1 aromatic carbocycles. The van der Waals surface area contributed by atoms with Gasteiger partial charge in [-0.05, 0) is 30.7 Å². The summed E-state index contributed by atoms with van der Waals surface area (Å²) in [4.78, 5) is 0. The molecule has 1 aromatic rings. The zero-order valence-corrected chi connectivity index (χ0v) is 7.61. The second kappa shape index (κ2) is 4.92. The van der Waals surface area contributed by atoms with Crippen molar-refractivity contribution in [3.05, 3.63) is 35.4 Å². The van der Waals surface area contributed by atoms with Crippen LogP contribution in [0.3, 0.4) is 0 Å². The molecule has 0 spiro atoms. The van der Waals surface area contributed by atoms with Gasteiger partial charge in [0.2, 0.25) is 0 Å². The first-order chi connectivity index (χ1) is 6.22. The first-order valence-corrected chi connectivity index (χ1v) is 4.38. The Labute approximate surface area is 76.8 Å². The van der Waals surface area contributed by atoms with E-state index in [9.17, 15) is 8.78 Å². The van der Waals surface area contributed by atoms with E-state index < -0.39 is 11.6 Å². The van der Waals surface area contributed by atoms with E-state index in [0.717, 1.165) is 19.0 Å². The van der Waals surface area contributed by atoms with Gasteiger partial charge in [0.05, 0.1) is 0 Å². The maximum Gasteiger partial charge on any atom is 0.126 e. The van der Waals surface area contributed by atoms with Crippen LogP contribution in [0.1, 0.15) is 18.9 Å². The molecule has 0 aromatic heterocycles. The Morgan fingerprint density at radius 2 is 1.77 bits per heavy atom. The smallest absolute Gasteiger partial charge is 0.126 e. The van der Waals surface area contributed by atoms with E-state index in [-0.39, 0.29) is 0 Å². The summed E-state index contributed by atoms with van der Waals surface area (Å²) in [7, 11) is 0. The molecule has 13 heavy (non-hydrogen) atoms. The minimum absolute atomic E-state index is 0.516. The maximum atomic E-state index is 12.7. The Bertz CT molecular complexity index is 253. The predicted octanol–water partition coefficient (Wildman–Crippen LogP) is 2.46. The molecule has 0 aliphatic heterocycles. The number of hydrogen-bond acceptors (Lipinski definition) is 1. The SMILES string of the molecule is CCCNCc1cc(F)cc(F)c1. The van der Waals surface area contributed by atoms with Gasteiger partial charge in [-0.25, -0.2) is 8.78 Å². The fourth-order valence-electron chi connectivity index (χ4n) is 1.12. The summed E-state index contributed by atoms with van der Waals surface area (Å²) >= 11 is 0. The van der Waals surface area contributed by atoms with Crippen LogP contribution in [0.2, 0.25) is 0 Å². The van der Waals surface area contributed by atoms with Crippen molar-refractivity contribution in [3.63, 3.8) is 0 Å². The van der Waals surface area contributed by atoms with E-state index in [2.05, 4.69) is 5.32 Å². The van der Waals surface area contributed by atoms with Crippen LogP contribution >= 0.6 is 0 Å². The van der Waals surface area contributed by atoms with Crippen LogP contribution in [0, 0.1) is 11.6 Å². The quantitative estimate of drug-likeness (QED) is 0.710. The van der Waals surface area contributed by atoms with Gasteiger partial charge in [0.25, 0.3) is 0 Å². The first-order valence-electron chi connectivity index (χ1n) is 4.38. The van der Waals surface area contributed by atoms with Gasteiger partial charge in [0.1, 0.15) is 11.6 Å². The molecule has 0 aliphatic carbocycles. The summed E-state index contributed by atoms with van der Waals surface area (Å²) in [5.74, 6) is -1.04. The highest BCUT2D eigenvalue weighted by Crippen LogP contribution is 2.07. The Morgan fingerprint density at radius 1 is 1.15 bits per heavy atom. The average molecular weight is 185 g/mol. The van der Waals surface area contributed by atoms with Gasteiger partial charge in [0.15, 0.2) is 0 Å². The Hall–Kier alpha value is -0.960. The van der Waals surface area contributed by atoms with Crippen molar-refractivity contribution in [3.8, 4) is 0 Å². The minimum Gasteiger partial charge on any atom is -0.313 e. The molecule has 1 rings (SSSR count). The Kier molecular flexibility index (Phi) is 3.83. The standard InChI is InChI=1S/C10H13F2N/c1-2-3-13-7-8-4-9(11)6-10(12)5-8/h4-6,13H,2-3,7H2,1H3. The van der Waals surface area contributed by atoms with Gasteiger partial charge in [-0.2, -0.15) is 0 Å². The molecule has 1 nitrogen and oxygen atoms in total. The highest BCUT2D eigenvalue weighted by molar-refractivity contribution is 5.17. The molecule has 72 valence electrons.